The second kappa shape index (κ2) is 11.3. The molecule has 4 atom stereocenters. The van der Waals surface area contributed by atoms with Gasteiger partial charge in [-0.3, -0.25) is 9.59 Å². The van der Waals surface area contributed by atoms with Crippen molar-refractivity contribution < 1.29 is 19.1 Å². The Hall–Kier alpha value is -2.80. The molecule has 0 unspecified atom stereocenters. The number of nitrogens with zero attached hydrogens (tertiary/aromatic N) is 2. The number of benzene rings is 1. The van der Waals surface area contributed by atoms with Crippen LogP contribution in [-0.4, -0.2) is 64.5 Å². The summed E-state index contributed by atoms with van der Waals surface area (Å²) < 4.78 is 12.4. The van der Waals surface area contributed by atoms with Gasteiger partial charge in [0.05, 0.1) is 30.8 Å². The van der Waals surface area contributed by atoms with Gasteiger partial charge < -0.3 is 24.6 Å². The van der Waals surface area contributed by atoms with E-state index in [1.807, 2.05) is 62.9 Å². The van der Waals surface area contributed by atoms with Gasteiger partial charge in [-0.1, -0.05) is 44.2 Å². The van der Waals surface area contributed by atoms with Gasteiger partial charge in [0, 0.05) is 30.9 Å². The third-order valence-corrected chi connectivity index (χ3v) is 7.27. The number of carbonyl (C=O) groups excluding carboxylic acids is 2. The smallest absolute Gasteiger partial charge is 0.250 e. The Morgan fingerprint density at radius 2 is 1.81 bits per heavy atom. The van der Waals surface area contributed by atoms with Crippen molar-refractivity contribution in [3.05, 3.63) is 59.5 Å². The fourth-order valence-electron chi connectivity index (χ4n) is 5.48. The highest BCUT2D eigenvalue weighted by atomic mass is 16.5. The van der Waals surface area contributed by atoms with E-state index in [4.69, 9.17) is 9.47 Å². The molecule has 0 spiro atoms. The van der Waals surface area contributed by atoms with Crippen molar-refractivity contribution in [1.82, 2.24) is 15.1 Å². The van der Waals surface area contributed by atoms with Crippen molar-refractivity contribution in [2.24, 2.45) is 5.92 Å². The van der Waals surface area contributed by atoms with Crippen LogP contribution < -0.4 is 5.32 Å². The first kappa shape index (κ1) is 27.2. The summed E-state index contributed by atoms with van der Waals surface area (Å²) in [5.41, 5.74) is 1.70. The van der Waals surface area contributed by atoms with E-state index in [0.717, 1.165) is 42.8 Å². The second-order valence-corrected chi connectivity index (χ2v) is 11.9. The lowest BCUT2D eigenvalue weighted by Crippen LogP contribution is -2.47. The fourth-order valence-corrected chi connectivity index (χ4v) is 5.48. The van der Waals surface area contributed by atoms with Crippen molar-refractivity contribution in [3.63, 3.8) is 0 Å². The van der Waals surface area contributed by atoms with E-state index in [1.165, 1.54) is 0 Å². The van der Waals surface area contributed by atoms with E-state index in [-0.39, 0.29) is 41.6 Å². The molecule has 0 aromatic heterocycles. The van der Waals surface area contributed by atoms with Crippen molar-refractivity contribution in [1.29, 1.82) is 0 Å². The quantitative estimate of drug-likeness (QED) is 0.506. The van der Waals surface area contributed by atoms with Crippen LogP contribution in [0.3, 0.4) is 0 Å². The second-order valence-electron chi connectivity index (χ2n) is 11.9. The molecule has 1 saturated heterocycles. The van der Waals surface area contributed by atoms with Crippen LogP contribution >= 0.6 is 0 Å². The minimum Gasteiger partial charge on any atom is -0.490 e. The zero-order chi connectivity index (χ0) is 26.7. The monoisotopic (exact) mass is 509 g/mol. The molecule has 3 aliphatic rings. The molecule has 1 aromatic carbocycles. The third-order valence-electron chi connectivity index (χ3n) is 7.27. The van der Waals surface area contributed by atoms with Gasteiger partial charge in [-0.25, -0.2) is 0 Å². The number of hydrogen-bond acceptors (Lipinski definition) is 5. The number of likely N-dealkylation sites (tertiary alicyclic amines) is 1. The van der Waals surface area contributed by atoms with Crippen molar-refractivity contribution in [2.75, 3.05) is 13.1 Å². The number of rotatable bonds is 10. The topological polar surface area (TPSA) is 71.1 Å². The van der Waals surface area contributed by atoms with Gasteiger partial charge in [-0.2, -0.15) is 0 Å². The molecule has 0 bridgehead atoms. The van der Waals surface area contributed by atoms with Crippen LogP contribution in [-0.2, 0) is 25.7 Å². The molecule has 37 heavy (non-hydrogen) atoms. The summed E-state index contributed by atoms with van der Waals surface area (Å²) in [4.78, 5) is 29.9. The SMILES string of the molecule is CC(C)CC[C@H]1C(OC(C)(C)C)=CC(=O)N1[C@H]1CCN(C2=CC(=O)N[C@H]2[C@@H](C)OCc2ccccc2)C1. The van der Waals surface area contributed by atoms with Gasteiger partial charge in [0.25, 0.3) is 5.91 Å². The average molecular weight is 510 g/mol. The summed E-state index contributed by atoms with van der Waals surface area (Å²) in [5, 5.41) is 3.08. The lowest BCUT2D eigenvalue weighted by atomic mass is 10.0. The fraction of sp³-hybridized carbons (Fsp3) is 0.600. The highest BCUT2D eigenvalue weighted by Crippen LogP contribution is 2.35. The average Bonchev–Trinajstić information content (AvgIpc) is 3.52. The highest BCUT2D eigenvalue weighted by Gasteiger charge is 2.44. The highest BCUT2D eigenvalue weighted by molar-refractivity contribution is 5.92. The molecular formula is C30H43N3O4. The normalized spacial score (nSPS) is 25.0. The van der Waals surface area contributed by atoms with E-state index >= 15 is 0 Å². The molecule has 202 valence electrons. The molecule has 1 fully saturated rings. The Morgan fingerprint density at radius 1 is 1.08 bits per heavy atom. The van der Waals surface area contributed by atoms with Crippen molar-refractivity contribution >= 4 is 11.8 Å². The lowest BCUT2D eigenvalue weighted by Gasteiger charge is -2.35. The first-order valence-electron chi connectivity index (χ1n) is 13.7. The van der Waals surface area contributed by atoms with Gasteiger partial charge in [-0.15, -0.1) is 0 Å². The molecule has 0 aliphatic carbocycles. The minimum absolute atomic E-state index is 0.0329. The number of carbonyl (C=O) groups is 2. The van der Waals surface area contributed by atoms with Gasteiger partial charge in [0.1, 0.15) is 11.4 Å². The summed E-state index contributed by atoms with van der Waals surface area (Å²) in [7, 11) is 0. The van der Waals surface area contributed by atoms with E-state index in [1.54, 1.807) is 12.2 Å². The van der Waals surface area contributed by atoms with Crippen LogP contribution in [0.4, 0.5) is 0 Å². The van der Waals surface area contributed by atoms with Gasteiger partial charge in [0.2, 0.25) is 5.91 Å². The zero-order valence-electron chi connectivity index (χ0n) is 23.2. The summed E-state index contributed by atoms with van der Waals surface area (Å²) in [6.45, 7) is 14.5. The van der Waals surface area contributed by atoms with Gasteiger partial charge in [0.15, 0.2) is 0 Å². The molecule has 1 N–H and O–H groups in total. The summed E-state index contributed by atoms with van der Waals surface area (Å²) in [5.74, 6) is 1.28. The third kappa shape index (κ3) is 6.75. The molecule has 0 radical (unpaired) electrons. The lowest BCUT2D eigenvalue weighted by molar-refractivity contribution is -0.128. The molecule has 0 saturated carbocycles. The first-order valence-corrected chi connectivity index (χ1v) is 13.7. The molecule has 2 amide bonds. The van der Waals surface area contributed by atoms with E-state index in [9.17, 15) is 9.59 Å². The molecular weight excluding hydrogens is 466 g/mol. The molecule has 7 nitrogen and oxygen atoms in total. The van der Waals surface area contributed by atoms with Crippen LogP contribution in [0.2, 0.25) is 0 Å². The zero-order valence-corrected chi connectivity index (χ0v) is 23.2. The van der Waals surface area contributed by atoms with Gasteiger partial charge >= 0.3 is 0 Å². The van der Waals surface area contributed by atoms with Crippen LogP contribution in [0.5, 0.6) is 0 Å². The predicted octanol–water partition coefficient (Wildman–Crippen LogP) is 4.39. The molecule has 3 heterocycles. The Labute approximate surface area is 221 Å². The largest absolute Gasteiger partial charge is 0.490 e. The summed E-state index contributed by atoms with van der Waals surface area (Å²) in [6, 6.07) is 9.88. The molecule has 4 rings (SSSR count). The number of amides is 2. The number of ether oxygens (including phenoxy) is 2. The van der Waals surface area contributed by atoms with E-state index < -0.39 is 0 Å². The van der Waals surface area contributed by atoms with Gasteiger partial charge in [-0.05, 0) is 58.4 Å². The standard InChI is InChI=1S/C30H43N3O4/c1-20(2)12-13-24-26(37-30(4,5)6)17-28(35)33(24)23-14-15-32(18-23)25-16-27(34)31-29(25)21(3)36-19-22-10-8-7-9-11-22/h7-11,16-17,20-21,23-24,29H,12-15,18-19H2,1-6H3,(H,31,34)/t21-,23+,24+,29+/m1/s1. The Bertz CT molecular complexity index is 1030. The van der Waals surface area contributed by atoms with E-state index in [2.05, 4.69) is 24.1 Å². The number of hydrogen-bond donors (Lipinski definition) is 1. The maximum atomic E-state index is 13.2. The Balaban J connectivity index is 1.43. The summed E-state index contributed by atoms with van der Waals surface area (Å²) >= 11 is 0. The van der Waals surface area contributed by atoms with Crippen LogP contribution in [0.25, 0.3) is 0 Å². The molecule has 3 aliphatic heterocycles. The minimum atomic E-state index is -0.357. The predicted molar refractivity (Wildman–Crippen MR) is 144 cm³/mol. The molecule has 7 heteroatoms. The van der Waals surface area contributed by atoms with Crippen molar-refractivity contribution in [2.45, 2.75) is 97.2 Å². The van der Waals surface area contributed by atoms with Crippen LogP contribution in [0.15, 0.2) is 53.9 Å². The van der Waals surface area contributed by atoms with E-state index in [0.29, 0.717) is 19.1 Å². The van der Waals surface area contributed by atoms with Crippen LogP contribution in [0, 0.1) is 5.92 Å². The van der Waals surface area contributed by atoms with Crippen LogP contribution in [0.1, 0.15) is 66.4 Å². The van der Waals surface area contributed by atoms with Crippen molar-refractivity contribution in [3.8, 4) is 0 Å². The summed E-state index contributed by atoms with van der Waals surface area (Å²) in [6.07, 6.45) is 5.98. The maximum absolute atomic E-state index is 13.2. The molecule has 1 aromatic rings. The maximum Gasteiger partial charge on any atom is 0.250 e. The first-order chi connectivity index (χ1) is 17.5. The number of nitrogens with one attached hydrogen (secondary N) is 1. The Morgan fingerprint density at radius 3 is 2.49 bits per heavy atom. The Kier molecular flexibility index (Phi) is 8.32.